The zero-order chi connectivity index (χ0) is 31.8. The molecule has 4 N–H and O–H groups in total. The molecule has 7 nitrogen and oxygen atoms in total. The van der Waals surface area contributed by atoms with Gasteiger partial charge in [0.25, 0.3) is 0 Å². The Morgan fingerprint density at radius 1 is 0.674 bits per heavy atom. The molecule has 0 rings (SSSR count). The highest BCUT2D eigenvalue weighted by Crippen LogP contribution is 2.18. The minimum absolute atomic E-state index is 0.0140. The fourth-order valence-corrected chi connectivity index (χ4v) is 5.07. The van der Waals surface area contributed by atoms with Crippen molar-refractivity contribution in [3.05, 3.63) is 24.3 Å². The van der Waals surface area contributed by atoms with E-state index in [0.29, 0.717) is 32.2 Å². The highest BCUT2D eigenvalue weighted by molar-refractivity contribution is 5.83. The van der Waals surface area contributed by atoms with E-state index < -0.39 is 12.0 Å². The second-order valence-electron chi connectivity index (χ2n) is 11.9. The van der Waals surface area contributed by atoms with Crippen molar-refractivity contribution in [2.75, 3.05) is 6.54 Å². The summed E-state index contributed by atoms with van der Waals surface area (Å²) in [7, 11) is 0. The van der Waals surface area contributed by atoms with Gasteiger partial charge in [-0.2, -0.15) is 0 Å². The van der Waals surface area contributed by atoms with Crippen molar-refractivity contribution in [1.29, 1.82) is 0 Å². The summed E-state index contributed by atoms with van der Waals surface area (Å²) in [6.07, 6.45) is 32.2. The third-order valence-electron chi connectivity index (χ3n) is 7.75. The van der Waals surface area contributed by atoms with Gasteiger partial charge in [-0.15, -0.1) is 0 Å². The third kappa shape index (κ3) is 28.4. The van der Waals surface area contributed by atoms with Gasteiger partial charge < -0.3 is 20.9 Å². The molecule has 250 valence electrons. The fraction of sp³-hybridized carbons (Fsp3) is 0.806. The number of unbranched alkanes of at least 4 members (excludes halogenated alkanes) is 13. The van der Waals surface area contributed by atoms with Crippen LogP contribution in [0, 0.1) is 0 Å². The molecule has 0 aliphatic carbocycles. The normalized spacial score (nSPS) is 13.0. The summed E-state index contributed by atoms with van der Waals surface area (Å²) in [6.45, 7) is 4.82. The molecular formula is C36H66N2O5. The lowest BCUT2D eigenvalue weighted by Crippen LogP contribution is -2.40. The van der Waals surface area contributed by atoms with Crippen LogP contribution in [0.1, 0.15) is 168 Å². The number of aliphatic carboxylic acids is 1. The van der Waals surface area contributed by atoms with E-state index in [4.69, 9.17) is 10.5 Å². The number of nitrogens with one attached hydrogen (secondary N) is 1. The molecule has 0 aromatic heterocycles. The molecule has 2 unspecified atom stereocenters. The average Bonchev–Trinajstić information content (AvgIpc) is 2.98. The van der Waals surface area contributed by atoms with Gasteiger partial charge in [0.1, 0.15) is 12.1 Å². The molecule has 0 aromatic rings. The standard InChI is InChI=1S/C36H66N2O5/c1-3-5-7-9-10-11-12-13-14-15-16-18-24-30-35(40)43-32(26-21-17-8-6-4-2)27-22-19-20-23-29-34(39)38-33(36(41)42)28-25-31-37/h7,9,11-12,32-33H,3-6,8,10,13-31,37H2,1-2H3,(H,38,39)(H,41,42)/b9-7-,12-11-. The fourth-order valence-electron chi connectivity index (χ4n) is 5.07. The van der Waals surface area contributed by atoms with Crippen LogP contribution in [-0.2, 0) is 19.1 Å². The lowest BCUT2D eigenvalue weighted by molar-refractivity contribution is -0.150. The van der Waals surface area contributed by atoms with Crippen molar-refractivity contribution in [3.63, 3.8) is 0 Å². The van der Waals surface area contributed by atoms with Crippen LogP contribution in [0.3, 0.4) is 0 Å². The maximum Gasteiger partial charge on any atom is 0.326 e. The second-order valence-corrected chi connectivity index (χ2v) is 11.9. The highest BCUT2D eigenvalue weighted by atomic mass is 16.5. The topological polar surface area (TPSA) is 119 Å². The van der Waals surface area contributed by atoms with Crippen molar-refractivity contribution in [2.45, 2.75) is 180 Å². The predicted octanol–water partition coefficient (Wildman–Crippen LogP) is 8.94. The van der Waals surface area contributed by atoms with E-state index in [0.717, 1.165) is 70.6 Å². The minimum Gasteiger partial charge on any atom is -0.480 e. The van der Waals surface area contributed by atoms with Crippen LogP contribution in [0.15, 0.2) is 24.3 Å². The zero-order valence-corrected chi connectivity index (χ0v) is 27.8. The SMILES string of the molecule is CCC/C=C\C/C=C\CCCCCCCC(=O)OC(CCCCCCC)CCCCCCC(=O)NC(CCCN)C(=O)O. The molecule has 2 atom stereocenters. The molecule has 0 saturated heterocycles. The van der Waals surface area contributed by atoms with Crippen LogP contribution in [0.2, 0.25) is 0 Å². The molecule has 0 aromatic carbocycles. The summed E-state index contributed by atoms with van der Waals surface area (Å²) >= 11 is 0. The van der Waals surface area contributed by atoms with Crippen LogP contribution >= 0.6 is 0 Å². The molecule has 43 heavy (non-hydrogen) atoms. The summed E-state index contributed by atoms with van der Waals surface area (Å²) in [4.78, 5) is 36.0. The molecule has 0 bridgehead atoms. The van der Waals surface area contributed by atoms with E-state index in [-0.39, 0.29) is 18.0 Å². The van der Waals surface area contributed by atoms with E-state index in [2.05, 4.69) is 43.5 Å². The second kappa shape index (κ2) is 31.3. The first-order valence-corrected chi connectivity index (χ1v) is 17.7. The van der Waals surface area contributed by atoms with Crippen molar-refractivity contribution in [3.8, 4) is 0 Å². The molecule has 7 heteroatoms. The Kier molecular flexibility index (Phi) is 29.7. The smallest absolute Gasteiger partial charge is 0.326 e. The number of carboxylic acids is 1. The van der Waals surface area contributed by atoms with E-state index in [1.807, 2.05) is 0 Å². The molecule has 0 spiro atoms. The first-order valence-electron chi connectivity index (χ1n) is 17.7. The number of hydrogen-bond donors (Lipinski definition) is 3. The summed E-state index contributed by atoms with van der Waals surface area (Å²) in [6, 6.07) is -0.862. The van der Waals surface area contributed by atoms with E-state index in [1.54, 1.807) is 0 Å². The van der Waals surface area contributed by atoms with Gasteiger partial charge in [-0.25, -0.2) is 4.79 Å². The summed E-state index contributed by atoms with van der Waals surface area (Å²) in [5.74, 6) is -1.29. The van der Waals surface area contributed by atoms with Crippen LogP contribution in [-0.4, -0.2) is 41.6 Å². The Morgan fingerprint density at radius 2 is 1.26 bits per heavy atom. The summed E-state index contributed by atoms with van der Waals surface area (Å²) < 4.78 is 5.93. The van der Waals surface area contributed by atoms with Crippen molar-refractivity contribution < 1.29 is 24.2 Å². The van der Waals surface area contributed by atoms with Crippen molar-refractivity contribution in [2.24, 2.45) is 5.73 Å². The minimum atomic E-state index is -1.01. The monoisotopic (exact) mass is 606 g/mol. The Bertz CT molecular complexity index is 737. The first kappa shape index (κ1) is 40.9. The van der Waals surface area contributed by atoms with E-state index in [9.17, 15) is 19.5 Å². The van der Waals surface area contributed by atoms with Gasteiger partial charge in [-0.1, -0.05) is 102 Å². The summed E-state index contributed by atoms with van der Waals surface area (Å²) in [5, 5.41) is 11.9. The van der Waals surface area contributed by atoms with Crippen molar-refractivity contribution >= 4 is 17.8 Å². The quantitative estimate of drug-likeness (QED) is 0.0412. The number of ether oxygens (including phenoxy) is 1. The van der Waals surface area contributed by atoms with Gasteiger partial charge in [0.15, 0.2) is 0 Å². The average molecular weight is 607 g/mol. The lowest BCUT2D eigenvalue weighted by Gasteiger charge is -2.18. The lowest BCUT2D eigenvalue weighted by atomic mass is 10.0. The molecule has 0 fully saturated rings. The number of allylic oxidation sites excluding steroid dienone is 4. The Labute approximate surface area is 263 Å². The Hall–Kier alpha value is -2.15. The molecule has 1 amide bonds. The van der Waals surface area contributed by atoms with Gasteiger partial charge in [0, 0.05) is 12.8 Å². The van der Waals surface area contributed by atoms with Gasteiger partial charge in [-0.3, -0.25) is 9.59 Å². The number of amides is 1. The maximum absolute atomic E-state index is 12.6. The number of carbonyl (C=O) groups is 3. The molecular weight excluding hydrogens is 540 g/mol. The van der Waals surface area contributed by atoms with Crippen LogP contribution in [0.25, 0.3) is 0 Å². The number of carboxylic acid groups (broad SMARTS) is 1. The first-order chi connectivity index (χ1) is 20.9. The number of nitrogens with two attached hydrogens (primary N) is 1. The highest BCUT2D eigenvalue weighted by Gasteiger charge is 2.19. The molecule has 0 saturated carbocycles. The van der Waals surface area contributed by atoms with Gasteiger partial charge in [0.05, 0.1) is 0 Å². The summed E-state index contributed by atoms with van der Waals surface area (Å²) in [5.41, 5.74) is 5.46. The largest absolute Gasteiger partial charge is 0.480 e. The van der Waals surface area contributed by atoms with Crippen molar-refractivity contribution in [1.82, 2.24) is 5.32 Å². The number of hydrogen-bond acceptors (Lipinski definition) is 5. The van der Waals surface area contributed by atoms with E-state index in [1.165, 1.54) is 57.8 Å². The van der Waals surface area contributed by atoms with Gasteiger partial charge in [-0.05, 0) is 83.6 Å². The van der Waals surface area contributed by atoms with Crippen LogP contribution in [0.4, 0.5) is 0 Å². The molecule has 0 aliphatic heterocycles. The molecule has 0 radical (unpaired) electrons. The number of carbonyl (C=O) groups excluding carboxylic acids is 2. The number of esters is 1. The van der Waals surface area contributed by atoms with E-state index >= 15 is 0 Å². The maximum atomic E-state index is 12.6. The van der Waals surface area contributed by atoms with Gasteiger partial charge >= 0.3 is 11.9 Å². The van der Waals surface area contributed by atoms with Gasteiger partial charge in [0.2, 0.25) is 5.91 Å². The van der Waals surface area contributed by atoms with Crippen LogP contribution in [0.5, 0.6) is 0 Å². The number of rotatable bonds is 31. The third-order valence-corrected chi connectivity index (χ3v) is 7.75. The van der Waals surface area contributed by atoms with Crippen LogP contribution < -0.4 is 11.1 Å². The molecule has 0 aliphatic rings. The Balaban J connectivity index is 4.18. The Morgan fingerprint density at radius 3 is 1.88 bits per heavy atom. The molecule has 0 heterocycles. The zero-order valence-electron chi connectivity index (χ0n) is 27.8. The predicted molar refractivity (Wildman–Crippen MR) is 179 cm³/mol.